The van der Waals surface area contributed by atoms with Crippen LogP contribution in [0.5, 0.6) is 0 Å². The Morgan fingerprint density at radius 1 is 1.64 bits per heavy atom. The highest BCUT2D eigenvalue weighted by atomic mass is 31.2. The number of aliphatic hydroxyl groups excluding tert-OH is 1. The van der Waals surface area contributed by atoms with Crippen LogP contribution < -0.4 is 5.32 Å². The molecule has 0 fully saturated rings. The molecule has 0 aliphatic carbocycles. The molecule has 0 bridgehead atoms. The molecule has 11 heavy (non-hydrogen) atoms. The standard InChI is InChI=1S/C6H14NO3P/c1-5(11(2,3)10)6(9)7-4-8/h5,8H,4H2,1-3H3,(H,7,9). The first-order valence-corrected chi connectivity index (χ1v) is 6.00. The van der Waals surface area contributed by atoms with E-state index in [1.165, 1.54) is 0 Å². The molecule has 0 radical (unpaired) electrons. The van der Waals surface area contributed by atoms with Gasteiger partial charge < -0.3 is 15.0 Å². The predicted octanol–water partition coefficient (Wildman–Crippen LogP) is 0.0636. The Balaban J connectivity index is 4.14. The van der Waals surface area contributed by atoms with Gasteiger partial charge in [0.1, 0.15) is 6.73 Å². The average molecular weight is 179 g/mol. The monoisotopic (exact) mass is 179 g/mol. The third-order valence-electron chi connectivity index (χ3n) is 1.57. The van der Waals surface area contributed by atoms with Gasteiger partial charge in [-0.25, -0.2) is 0 Å². The lowest BCUT2D eigenvalue weighted by Gasteiger charge is -2.14. The van der Waals surface area contributed by atoms with Crippen molar-refractivity contribution in [1.29, 1.82) is 0 Å². The molecule has 0 rings (SSSR count). The summed E-state index contributed by atoms with van der Waals surface area (Å²) < 4.78 is 11.3. The molecule has 0 aromatic carbocycles. The van der Waals surface area contributed by atoms with E-state index in [0.717, 1.165) is 0 Å². The molecule has 0 heterocycles. The van der Waals surface area contributed by atoms with Crippen LogP contribution in [0.2, 0.25) is 0 Å². The lowest BCUT2D eigenvalue weighted by molar-refractivity contribution is -0.121. The lowest BCUT2D eigenvalue weighted by Crippen LogP contribution is -2.32. The summed E-state index contributed by atoms with van der Waals surface area (Å²) in [4.78, 5) is 10.9. The molecule has 0 saturated heterocycles. The minimum atomic E-state index is -2.37. The molecule has 1 unspecified atom stereocenters. The van der Waals surface area contributed by atoms with E-state index in [-0.39, 0.29) is 5.91 Å². The Kier molecular flexibility index (Phi) is 3.76. The van der Waals surface area contributed by atoms with Crippen molar-refractivity contribution < 1.29 is 14.5 Å². The Bertz CT molecular complexity index is 186. The number of carbonyl (C=O) groups is 1. The number of hydrogen-bond acceptors (Lipinski definition) is 3. The van der Waals surface area contributed by atoms with Gasteiger partial charge in [0.05, 0.1) is 12.8 Å². The topological polar surface area (TPSA) is 66.4 Å². The maximum Gasteiger partial charge on any atom is 0.231 e. The van der Waals surface area contributed by atoms with E-state index in [1.54, 1.807) is 20.3 Å². The highest BCUT2D eigenvalue weighted by molar-refractivity contribution is 7.64. The van der Waals surface area contributed by atoms with Crippen molar-refractivity contribution >= 4 is 13.0 Å². The van der Waals surface area contributed by atoms with Crippen molar-refractivity contribution in [2.75, 3.05) is 20.1 Å². The normalized spacial score (nSPS) is 14.2. The third kappa shape index (κ3) is 3.54. The van der Waals surface area contributed by atoms with E-state index < -0.39 is 19.5 Å². The summed E-state index contributed by atoms with van der Waals surface area (Å²) in [7, 11) is -2.37. The van der Waals surface area contributed by atoms with Gasteiger partial charge in [0.2, 0.25) is 5.91 Å². The summed E-state index contributed by atoms with van der Waals surface area (Å²) in [6.45, 7) is 4.29. The van der Waals surface area contributed by atoms with E-state index in [4.69, 9.17) is 5.11 Å². The van der Waals surface area contributed by atoms with E-state index in [9.17, 15) is 9.36 Å². The molecule has 0 aliphatic rings. The van der Waals surface area contributed by atoms with E-state index >= 15 is 0 Å². The van der Waals surface area contributed by atoms with Gasteiger partial charge in [0.15, 0.2) is 0 Å². The summed E-state index contributed by atoms with van der Waals surface area (Å²) in [5.74, 6) is -0.360. The quantitative estimate of drug-likeness (QED) is 0.475. The van der Waals surface area contributed by atoms with E-state index in [0.29, 0.717) is 0 Å². The molecule has 1 amide bonds. The van der Waals surface area contributed by atoms with E-state index in [1.807, 2.05) is 0 Å². The number of hydrogen-bond donors (Lipinski definition) is 2. The van der Waals surface area contributed by atoms with Gasteiger partial charge in [-0.15, -0.1) is 0 Å². The van der Waals surface area contributed by atoms with Crippen LogP contribution in [0.15, 0.2) is 0 Å². The van der Waals surface area contributed by atoms with E-state index in [2.05, 4.69) is 5.32 Å². The highest BCUT2D eigenvalue weighted by Crippen LogP contribution is 2.41. The molecule has 66 valence electrons. The van der Waals surface area contributed by atoms with Crippen LogP contribution in [0.4, 0.5) is 0 Å². The molecule has 0 saturated carbocycles. The van der Waals surface area contributed by atoms with Gasteiger partial charge in [-0.2, -0.15) is 0 Å². The average Bonchev–Trinajstić information content (AvgIpc) is 1.85. The Labute approximate surface area is 66.4 Å². The van der Waals surface area contributed by atoms with Crippen LogP contribution in [0.25, 0.3) is 0 Å². The van der Waals surface area contributed by atoms with Crippen LogP contribution >= 0.6 is 7.14 Å². The first kappa shape index (κ1) is 10.7. The number of nitrogens with one attached hydrogen (secondary N) is 1. The molecule has 5 heteroatoms. The first-order valence-electron chi connectivity index (χ1n) is 3.33. The minimum absolute atomic E-state index is 0.360. The van der Waals surface area contributed by atoms with Crippen LogP contribution in [-0.4, -0.2) is 36.7 Å². The van der Waals surface area contributed by atoms with Gasteiger partial charge in [-0.1, -0.05) is 0 Å². The molecule has 2 N–H and O–H groups in total. The molecule has 0 spiro atoms. The zero-order chi connectivity index (χ0) is 9.07. The van der Waals surface area contributed by atoms with Crippen LogP contribution in [-0.2, 0) is 9.36 Å². The summed E-state index contributed by atoms with van der Waals surface area (Å²) in [5.41, 5.74) is -0.519. The Morgan fingerprint density at radius 2 is 2.09 bits per heavy atom. The largest absolute Gasteiger partial charge is 0.377 e. The second kappa shape index (κ2) is 3.88. The van der Waals surface area contributed by atoms with Crippen molar-refractivity contribution in [1.82, 2.24) is 5.32 Å². The maximum absolute atomic E-state index is 11.3. The van der Waals surface area contributed by atoms with Crippen LogP contribution in [0.1, 0.15) is 6.92 Å². The summed E-state index contributed by atoms with van der Waals surface area (Å²) in [6, 6.07) is 0. The summed E-state index contributed by atoms with van der Waals surface area (Å²) in [6.07, 6.45) is 0. The molecule has 0 aromatic rings. The van der Waals surface area contributed by atoms with Crippen molar-refractivity contribution in [2.45, 2.75) is 12.6 Å². The fourth-order valence-electron chi connectivity index (χ4n) is 0.508. The van der Waals surface area contributed by atoms with Crippen molar-refractivity contribution in [2.24, 2.45) is 0 Å². The molecule has 0 aromatic heterocycles. The summed E-state index contributed by atoms with van der Waals surface area (Å²) in [5, 5.41) is 10.5. The first-order chi connectivity index (χ1) is 4.89. The molecule has 4 nitrogen and oxygen atoms in total. The zero-order valence-electron chi connectivity index (χ0n) is 7.00. The molecule has 0 aliphatic heterocycles. The van der Waals surface area contributed by atoms with Gasteiger partial charge in [-0.3, -0.25) is 4.79 Å². The number of amides is 1. The Hall–Kier alpha value is -0.340. The lowest BCUT2D eigenvalue weighted by atomic mass is 10.4. The third-order valence-corrected chi connectivity index (χ3v) is 3.67. The fraction of sp³-hybridized carbons (Fsp3) is 0.833. The number of aliphatic hydroxyl groups is 1. The van der Waals surface area contributed by atoms with Crippen molar-refractivity contribution in [3.63, 3.8) is 0 Å². The van der Waals surface area contributed by atoms with Gasteiger partial charge >= 0.3 is 0 Å². The van der Waals surface area contributed by atoms with Crippen molar-refractivity contribution in [3.05, 3.63) is 0 Å². The summed E-state index contributed by atoms with van der Waals surface area (Å²) >= 11 is 0. The predicted molar refractivity (Wildman–Crippen MR) is 44.1 cm³/mol. The van der Waals surface area contributed by atoms with Crippen LogP contribution in [0.3, 0.4) is 0 Å². The van der Waals surface area contributed by atoms with Gasteiger partial charge in [-0.05, 0) is 20.3 Å². The SMILES string of the molecule is CC(C(=O)NCO)P(C)(C)=O. The number of rotatable bonds is 3. The smallest absolute Gasteiger partial charge is 0.231 e. The van der Waals surface area contributed by atoms with Crippen molar-refractivity contribution in [3.8, 4) is 0 Å². The second-order valence-corrected chi connectivity index (χ2v) is 6.45. The Morgan fingerprint density at radius 3 is 2.36 bits per heavy atom. The molecule has 1 atom stereocenters. The second-order valence-electron chi connectivity index (χ2n) is 2.81. The number of carbonyl (C=O) groups excluding carboxylic acids is 1. The minimum Gasteiger partial charge on any atom is -0.377 e. The molecular weight excluding hydrogens is 165 g/mol. The fourth-order valence-corrected chi connectivity index (χ4v) is 1.16. The van der Waals surface area contributed by atoms with Gasteiger partial charge in [0, 0.05) is 0 Å². The maximum atomic E-state index is 11.3. The zero-order valence-corrected chi connectivity index (χ0v) is 7.89. The highest BCUT2D eigenvalue weighted by Gasteiger charge is 2.24. The van der Waals surface area contributed by atoms with Gasteiger partial charge in [0.25, 0.3) is 0 Å². The van der Waals surface area contributed by atoms with Crippen LogP contribution in [0, 0.1) is 0 Å². The molecular formula is C6H14NO3P.